The molecular weight excluding hydrogens is 397 g/mol. The van der Waals surface area contributed by atoms with Crippen LogP contribution in [0.1, 0.15) is 23.3 Å². The van der Waals surface area contributed by atoms with Gasteiger partial charge in [0, 0.05) is 5.56 Å². The Bertz CT molecular complexity index is 1100. The summed E-state index contributed by atoms with van der Waals surface area (Å²) in [6, 6.07) is 10.4. The van der Waals surface area contributed by atoms with Crippen molar-refractivity contribution in [2.75, 3.05) is 0 Å². The van der Waals surface area contributed by atoms with Crippen molar-refractivity contribution in [1.82, 2.24) is 4.57 Å². The second-order valence-corrected chi connectivity index (χ2v) is 6.73. The molecule has 1 atom stereocenters. The molecule has 0 fully saturated rings. The number of halogens is 3. The molecule has 2 aromatic carbocycles. The fraction of sp³-hybridized carbons (Fsp3) is 0.167. The number of carboxylic acids is 1. The first kappa shape index (κ1) is 19.6. The number of rotatable bonds is 4. The molecule has 0 saturated heterocycles. The minimum absolute atomic E-state index is 0.0431. The number of fused-ring (bicyclic) bond motifs is 1. The molecule has 0 aliphatic heterocycles. The summed E-state index contributed by atoms with van der Waals surface area (Å²) in [4.78, 5) is 28.1. The van der Waals surface area contributed by atoms with E-state index >= 15 is 0 Å². The number of nitrogens with zero attached hydrogens (tertiary/aromatic N) is 2. The Kier molecular flexibility index (Phi) is 5.23. The van der Waals surface area contributed by atoms with E-state index in [1.54, 1.807) is 24.3 Å². The number of aromatic nitrogens is 1. The average Bonchev–Trinajstić information content (AvgIpc) is 2.97. The van der Waals surface area contributed by atoms with Crippen LogP contribution in [0.15, 0.2) is 53.5 Å². The number of amides is 1. The van der Waals surface area contributed by atoms with E-state index < -0.39 is 30.0 Å². The maximum atomic E-state index is 12.4. The SMILES string of the molecule is CC(C(=O)O)n1/c(=N/C(=O)c2ccc(OC(F)(F)F)cc2)sc2ccccc21. The molecule has 0 spiro atoms. The van der Waals surface area contributed by atoms with Gasteiger partial charge in [-0.25, -0.2) is 4.79 Å². The highest BCUT2D eigenvalue weighted by Gasteiger charge is 2.31. The Labute approximate surface area is 160 Å². The summed E-state index contributed by atoms with van der Waals surface area (Å²) in [5.74, 6) is -2.26. The van der Waals surface area contributed by atoms with E-state index in [-0.39, 0.29) is 10.4 Å². The molecule has 28 heavy (non-hydrogen) atoms. The van der Waals surface area contributed by atoms with E-state index in [1.165, 1.54) is 11.5 Å². The number of alkyl halides is 3. The first-order valence-corrected chi connectivity index (χ1v) is 8.75. The van der Waals surface area contributed by atoms with E-state index in [4.69, 9.17) is 0 Å². The van der Waals surface area contributed by atoms with Crippen LogP contribution >= 0.6 is 11.3 Å². The van der Waals surface area contributed by atoms with E-state index in [0.29, 0.717) is 5.52 Å². The lowest BCUT2D eigenvalue weighted by Gasteiger charge is -2.10. The quantitative estimate of drug-likeness (QED) is 0.705. The predicted molar refractivity (Wildman–Crippen MR) is 95.2 cm³/mol. The number of hydrogen-bond acceptors (Lipinski definition) is 4. The van der Waals surface area contributed by atoms with Crippen LogP contribution in [-0.4, -0.2) is 27.9 Å². The molecule has 146 valence electrons. The van der Waals surface area contributed by atoms with Gasteiger partial charge in [-0.15, -0.1) is 13.2 Å². The highest BCUT2D eigenvalue weighted by atomic mass is 32.1. The minimum Gasteiger partial charge on any atom is -0.480 e. The Morgan fingerprint density at radius 2 is 1.79 bits per heavy atom. The number of carbonyl (C=O) groups is 2. The molecule has 3 aromatic rings. The van der Waals surface area contributed by atoms with E-state index in [2.05, 4.69) is 9.73 Å². The Morgan fingerprint density at radius 1 is 1.14 bits per heavy atom. The fourth-order valence-corrected chi connectivity index (χ4v) is 3.60. The van der Waals surface area contributed by atoms with Crippen LogP contribution in [-0.2, 0) is 4.79 Å². The van der Waals surface area contributed by atoms with Crippen LogP contribution in [0, 0.1) is 0 Å². The van der Waals surface area contributed by atoms with Crippen molar-refractivity contribution in [3.05, 3.63) is 58.9 Å². The van der Waals surface area contributed by atoms with Gasteiger partial charge < -0.3 is 14.4 Å². The largest absolute Gasteiger partial charge is 0.573 e. The van der Waals surface area contributed by atoms with E-state index in [9.17, 15) is 27.9 Å². The van der Waals surface area contributed by atoms with Gasteiger partial charge in [0.15, 0.2) is 4.80 Å². The minimum atomic E-state index is -4.83. The van der Waals surface area contributed by atoms with E-state index in [1.807, 2.05) is 0 Å². The summed E-state index contributed by atoms with van der Waals surface area (Å²) in [7, 11) is 0. The number of carboxylic acid groups (broad SMARTS) is 1. The van der Waals surface area contributed by atoms with Crippen molar-refractivity contribution in [2.24, 2.45) is 4.99 Å². The first-order chi connectivity index (χ1) is 13.2. The molecule has 1 heterocycles. The third-order valence-electron chi connectivity index (χ3n) is 3.81. The molecular formula is C18H13F3N2O4S. The van der Waals surface area contributed by atoms with Gasteiger partial charge in [0.2, 0.25) is 0 Å². The van der Waals surface area contributed by atoms with Gasteiger partial charge >= 0.3 is 12.3 Å². The van der Waals surface area contributed by atoms with Crippen molar-refractivity contribution in [3.63, 3.8) is 0 Å². The molecule has 10 heteroatoms. The van der Waals surface area contributed by atoms with Gasteiger partial charge in [-0.3, -0.25) is 4.79 Å². The summed E-state index contributed by atoms with van der Waals surface area (Å²) in [6.45, 7) is 1.47. The number of thiazole rings is 1. The topological polar surface area (TPSA) is 80.9 Å². The maximum absolute atomic E-state index is 12.4. The number of ether oxygens (including phenoxy) is 1. The summed E-state index contributed by atoms with van der Waals surface area (Å²) in [5, 5.41) is 9.36. The molecule has 0 saturated carbocycles. The second-order valence-electron chi connectivity index (χ2n) is 5.73. The molecule has 1 aromatic heterocycles. The van der Waals surface area contributed by atoms with Gasteiger partial charge in [-0.1, -0.05) is 23.5 Å². The van der Waals surface area contributed by atoms with Crippen LogP contribution in [0.2, 0.25) is 0 Å². The molecule has 1 amide bonds. The molecule has 1 N–H and O–H groups in total. The van der Waals surface area contributed by atoms with Crippen molar-refractivity contribution < 1.29 is 32.6 Å². The van der Waals surface area contributed by atoms with Crippen LogP contribution in [0.25, 0.3) is 10.2 Å². The number of carbonyl (C=O) groups excluding carboxylic acids is 1. The molecule has 0 aliphatic rings. The zero-order valence-electron chi connectivity index (χ0n) is 14.3. The number of aliphatic carboxylic acids is 1. The number of benzene rings is 2. The molecule has 3 rings (SSSR count). The maximum Gasteiger partial charge on any atom is 0.573 e. The predicted octanol–water partition coefficient (Wildman–Crippen LogP) is 3.99. The lowest BCUT2D eigenvalue weighted by atomic mass is 10.2. The second kappa shape index (κ2) is 7.47. The summed E-state index contributed by atoms with van der Waals surface area (Å²) in [5.41, 5.74) is 0.657. The first-order valence-electron chi connectivity index (χ1n) is 7.93. The Balaban J connectivity index is 2.01. The molecule has 0 aliphatic carbocycles. The summed E-state index contributed by atoms with van der Waals surface area (Å²) in [6.07, 6.45) is -4.83. The lowest BCUT2D eigenvalue weighted by molar-refractivity contribution is -0.274. The monoisotopic (exact) mass is 410 g/mol. The highest BCUT2D eigenvalue weighted by molar-refractivity contribution is 7.16. The zero-order chi connectivity index (χ0) is 20.5. The summed E-state index contributed by atoms with van der Waals surface area (Å²) < 4.78 is 42.6. The third kappa shape index (κ3) is 4.22. The molecule has 6 nitrogen and oxygen atoms in total. The van der Waals surface area contributed by atoms with Gasteiger partial charge in [0.25, 0.3) is 5.91 Å². The normalized spacial score (nSPS) is 13.5. The van der Waals surface area contributed by atoms with Crippen molar-refractivity contribution in [1.29, 1.82) is 0 Å². The standard InChI is InChI=1S/C18H13F3N2O4S/c1-10(16(25)26)23-13-4-2-3-5-14(13)28-17(23)22-15(24)11-6-8-12(9-7-11)27-18(19,20)21/h2-10H,1H3,(H,25,26)/b22-17-. The number of hydrogen-bond donors (Lipinski definition) is 1. The smallest absolute Gasteiger partial charge is 0.480 e. The van der Waals surface area contributed by atoms with Crippen molar-refractivity contribution in [2.45, 2.75) is 19.3 Å². The number of para-hydroxylation sites is 1. The van der Waals surface area contributed by atoms with E-state index in [0.717, 1.165) is 40.3 Å². The van der Waals surface area contributed by atoms with Gasteiger partial charge in [-0.05, 0) is 43.3 Å². The van der Waals surface area contributed by atoms with Crippen molar-refractivity contribution >= 4 is 33.4 Å². The molecule has 0 bridgehead atoms. The highest BCUT2D eigenvalue weighted by Crippen LogP contribution is 2.23. The van der Waals surface area contributed by atoms with Gasteiger partial charge in [0.05, 0.1) is 10.2 Å². The summed E-state index contributed by atoms with van der Waals surface area (Å²) >= 11 is 1.14. The van der Waals surface area contributed by atoms with Crippen molar-refractivity contribution in [3.8, 4) is 5.75 Å². The van der Waals surface area contributed by atoms with Crippen LogP contribution in [0.3, 0.4) is 0 Å². The molecule has 0 radical (unpaired) electrons. The Hall–Kier alpha value is -3.14. The van der Waals surface area contributed by atoms with Crippen LogP contribution < -0.4 is 9.54 Å². The molecule has 1 unspecified atom stereocenters. The zero-order valence-corrected chi connectivity index (χ0v) is 15.1. The lowest BCUT2D eigenvalue weighted by Crippen LogP contribution is -2.25. The third-order valence-corrected chi connectivity index (χ3v) is 4.84. The van der Waals surface area contributed by atoms with Crippen LogP contribution in [0.4, 0.5) is 13.2 Å². The fourth-order valence-electron chi connectivity index (χ4n) is 2.51. The van der Waals surface area contributed by atoms with Crippen LogP contribution in [0.5, 0.6) is 5.75 Å². The van der Waals surface area contributed by atoms with Gasteiger partial charge in [0.1, 0.15) is 11.8 Å². The Morgan fingerprint density at radius 3 is 2.39 bits per heavy atom. The van der Waals surface area contributed by atoms with Gasteiger partial charge in [-0.2, -0.15) is 4.99 Å². The average molecular weight is 410 g/mol.